The van der Waals surface area contributed by atoms with Crippen molar-refractivity contribution in [3.63, 3.8) is 0 Å². The molecule has 0 spiro atoms. The van der Waals surface area contributed by atoms with Crippen molar-refractivity contribution in [1.82, 2.24) is 14.7 Å². The molecule has 1 saturated heterocycles. The summed E-state index contributed by atoms with van der Waals surface area (Å²) in [5.74, 6) is -0.172. The van der Waals surface area contributed by atoms with E-state index in [2.05, 4.69) is 11.2 Å². The fourth-order valence-electron chi connectivity index (χ4n) is 2.45. The molecule has 3 rings (SSSR count). The number of nitrogens with zero attached hydrogens (tertiary/aromatic N) is 4. The molecule has 2 aromatic rings. The van der Waals surface area contributed by atoms with Crippen molar-refractivity contribution in [2.75, 3.05) is 19.8 Å². The summed E-state index contributed by atoms with van der Waals surface area (Å²) in [6.07, 6.45) is 3.27. The van der Waals surface area contributed by atoms with Crippen molar-refractivity contribution < 1.29 is 9.53 Å². The third-order valence-corrected chi connectivity index (χ3v) is 3.61. The van der Waals surface area contributed by atoms with E-state index in [-0.39, 0.29) is 12.5 Å². The van der Waals surface area contributed by atoms with Crippen LogP contribution in [0.5, 0.6) is 0 Å². The van der Waals surface area contributed by atoms with Gasteiger partial charge < -0.3 is 9.64 Å². The monoisotopic (exact) mass is 296 g/mol. The number of carbonyl (C=O) groups excluding carboxylic acids is 1. The van der Waals surface area contributed by atoms with Crippen LogP contribution in [0.2, 0.25) is 0 Å². The van der Waals surface area contributed by atoms with Gasteiger partial charge in [-0.1, -0.05) is 30.3 Å². The van der Waals surface area contributed by atoms with Crippen molar-refractivity contribution in [3.05, 3.63) is 53.9 Å². The van der Waals surface area contributed by atoms with Crippen LogP contribution in [0.25, 0.3) is 0 Å². The van der Waals surface area contributed by atoms with Crippen molar-refractivity contribution >= 4 is 5.91 Å². The summed E-state index contributed by atoms with van der Waals surface area (Å²) >= 11 is 0. The van der Waals surface area contributed by atoms with E-state index in [0.29, 0.717) is 25.3 Å². The Balaban J connectivity index is 1.73. The Labute approximate surface area is 128 Å². The van der Waals surface area contributed by atoms with E-state index in [9.17, 15) is 4.79 Å². The lowest BCUT2D eigenvalue weighted by Gasteiger charge is -2.30. The maximum Gasteiger partial charge on any atom is 0.258 e. The normalized spacial score (nSPS) is 18.0. The molecule has 1 amide bonds. The van der Waals surface area contributed by atoms with Gasteiger partial charge in [0.25, 0.3) is 5.91 Å². The fourth-order valence-corrected chi connectivity index (χ4v) is 2.45. The molecule has 0 aliphatic carbocycles. The lowest BCUT2D eigenvalue weighted by molar-refractivity contribution is 0.0132. The number of nitriles is 1. The highest BCUT2D eigenvalue weighted by Gasteiger charge is 2.28. The zero-order chi connectivity index (χ0) is 15.4. The highest BCUT2D eigenvalue weighted by Crippen LogP contribution is 2.12. The minimum atomic E-state index is -0.529. The van der Waals surface area contributed by atoms with Crippen LogP contribution < -0.4 is 0 Å². The molecule has 0 N–H and O–H groups in total. The zero-order valence-electron chi connectivity index (χ0n) is 12.1. The summed E-state index contributed by atoms with van der Waals surface area (Å²) in [4.78, 5) is 14.0. The van der Waals surface area contributed by atoms with Gasteiger partial charge in [-0.25, -0.2) is 0 Å². The van der Waals surface area contributed by atoms with Crippen molar-refractivity contribution in [2.45, 2.75) is 12.6 Å². The van der Waals surface area contributed by atoms with E-state index in [1.54, 1.807) is 22.0 Å². The largest absolute Gasteiger partial charge is 0.376 e. The summed E-state index contributed by atoms with van der Waals surface area (Å²) in [5.41, 5.74) is 1.61. The second kappa shape index (κ2) is 6.41. The van der Waals surface area contributed by atoms with Crippen LogP contribution in [-0.2, 0) is 11.3 Å². The maximum absolute atomic E-state index is 12.5. The summed E-state index contributed by atoms with van der Waals surface area (Å²) in [6.45, 7) is 1.77. The number of morpholine rings is 1. The highest BCUT2D eigenvalue weighted by molar-refractivity contribution is 5.94. The van der Waals surface area contributed by atoms with E-state index >= 15 is 0 Å². The standard InChI is InChI=1S/C16H16N4O2/c17-8-15-12-22-7-6-20(15)16(21)14-9-18-19(11-14)10-13-4-2-1-3-5-13/h1-5,9,11,15H,6-7,10,12H2. The topological polar surface area (TPSA) is 71.2 Å². The zero-order valence-corrected chi connectivity index (χ0v) is 12.1. The van der Waals surface area contributed by atoms with Crippen LogP contribution >= 0.6 is 0 Å². The molecule has 1 aliphatic rings. The summed E-state index contributed by atoms with van der Waals surface area (Å²) in [5, 5.41) is 13.3. The second-order valence-electron chi connectivity index (χ2n) is 5.13. The number of rotatable bonds is 3. The molecule has 0 bridgehead atoms. The average molecular weight is 296 g/mol. The number of amides is 1. The van der Waals surface area contributed by atoms with Crippen LogP contribution in [-0.4, -0.2) is 46.4 Å². The van der Waals surface area contributed by atoms with Gasteiger partial charge in [-0.05, 0) is 5.56 Å². The molecule has 6 nitrogen and oxygen atoms in total. The summed E-state index contributed by atoms with van der Waals surface area (Å²) in [6, 6.07) is 11.5. The van der Waals surface area contributed by atoms with Crippen molar-refractivity contribution in [1.29, 1.82) is 5.26 Å². The first-order valence-electron chi connectivity index (χ1n) is 7.12. The van der Waals surface area contributed by atoms with Gasteiger partial charge in [-0.3, -0.25) is 9.48 Å². The Bertz CT molecular complexity index is 690. The Morgan fingerprint density at radius 1 is 1.41 bits per heavy atom. The van der Waals surface area contributed by atoms with Gasteiger partial charge in [0, 0.05) is 12.7 Å². The number of hydrogen-bond donors (Lipinski definition) is 0. The van der Waals surface area contributed by atoms with Gasteiger partial charge in [-0.2, -0.15) is 10.4 Å². The first-order valence-corrected chi connectivity index (χ1v) is 7.12. The Morgan fingerprint density at radius 3 is 3.00 bits per heavy atom. The molecule has 112 valence electrons. The molecule has 22 heavy (non-hydrogen) atoms. The predicted octanol–water partition coefficient (Wildman–Crippen LogP) is 1.30. The molecule has 1 atom stereocenters. The van der Waals surface area contributed by atoms with E-state index < -0.39 is 6.04 Å². The molecule has 1 unspecified atom stereocenters. The molecule has 2 heterocycles. The first kappa shape index (κ1) is 14.3. The Kier molecular flexibility index (Phi) is 4.17. The van der Waals surface area contributed by atoms with Gasteiger partial charge >= 0.3 is 0 Å². The van der Waals surface area contributed by atoms with Crippen LogP contribution in [0.3, 0.4) is 0 Å². The smallest absolute Gasteiger partial charge is 0.258 e. The molecule has 1 aromatic heterocycles. The molecule has 0 radical (unpaired) electrons. The van der Waals surface area contributed by atoms with E-state index in [4.69, 9.17) is 10.00 Å². The molecule has 1 aliphatic heterocycles. The minimum absolute atomic E-state index is 0.172. The number of aromatic nitrogens is 2. The highest BCUT2D eigenvalue weighted by atomic mass is 16.5. The molecule has 1 aromatic carbocycles. The van der Waals surface area contributed by atoms with Crippen LogP contribution in [0.1, 0.15) is 15.9 Å². The third-order valence-electron chi connectivity index (χ3n) is 3.61. The first-order chi connectivity index (χ1) is 10.8. The van der Waals surface area contributed by atoms with Crippen LogP contribution in [0.4, 0.5) is 0 Å². The van der Waals surface area contributed by atoms with Gasteiger partial charge in [-0.15, -0.1) is 0 Å². The average Bonchev–Trinajstić information content (AvgIpc) is 3.03. The Morgan fingerprint density at radius 2 is 2.23 bits per heavy atom. The minimum Gasteiger partial charge on any atom is -0.376 e. The van der Waals surface area contributed by atoms with E-state index in [1.807, 2.05) is 30.3 Å². The molecule has 1 fully saturated rings. The lowest BCUT2D eigenvalue weighted by Crippen LogP contribution is -2.47. The predicted molar refractivity (Wildman–Crippen MR) is 79.0 cm³/mol. The number of benzene rings is 1. The quantitative estimate of drug-likeness (QED) is 0.856. The SMILES string of the molecule is N#CC1COCCN1C(=O)c1cnn(Cc2ccccc2)c1. The van der Waals surface area contributed by atoms with Crippen molar-refractivity contribution in [3.8, 4) is 6.07 Å². The van der Waals surface area contributed by atoms with E-state index in [1.165, 1.54) is 0 Å². The number of ether oxygens (including phenoxy) is 1. The Hall–Kier alpha value is -2.65. The fraction of sp³-hybridized carbons (Fsp3) is 0.312. The summed E-state index contributed by atoms with van der Waals surface area (Å²) < 4.78 is 6.96. The van der Waals surface area contributed by atoms with Gasteiger partial charge in [0.2, 0.25) is 0 Å². The lowest BCUT2D eigenvalue weighted by atomic mass is 10.2. The van der Waals surface area contributed by atoms with Gasteiger partial charge in [0.15, 0.2) is 0 Å². The molecule has 6 heteroatoms. The van der Waals surface area contributed by atoms with Gasteiger partial charge in [0.1, 0.15) is 6.04 Å². The maximum atomic E-state index is 12.5. The van der Waals surface area contributed by atoms with E-state index in [0.717, 1.165) is 5.56 Å². The second-order valence-corrected chi connectivity index (χ2v) is 5.13. The number of hydrogen-bond acceptors (Lipinski definition) is 4. The van der Waals surface area contributed by atoms with Gasteiger partial charge in [0.05, 0.1) is 37.6 Å². The van der Waals surface area contributed by atoms with Crippen LogP contribution in [0, 0.1) is 11.3 Å². The molecule has 0 saturated carbocycles. The molecular weight excluding hydrogens is 280 g/mol. The number of carbonyl (C=O) groups is 1. The summed E-state index contributed by atoms with van der Waals surface area (Å²) in [7, 11) is 0. The third kappa shape index (κ3) is 3.00. The van der Waals surface area contributed by atoms with Crippen LogP contribution in [0.15, 0.2) is 42.7 Å². The molecular formula is C16H16N4O2. The van der Waals surface area contributed by atoms with Crippen molar-refractivity contribution in [2.24, 2.45) is 0 Å².